The third kappa shape index (κ3) is 4.46. The van der Waals surface area contributed by atoms with Crippen LogP contribution < -0.4 is 10.6 Å². The molecule has 0 saturated carbocycles. The molecule has 0 aliphatic carbocycles. The number of hydrogen-bond acceptors (Lipinski definition) is 4. The second-order valence-electron chi connectivity index (χ2n) is 3.68. The molecule has 6 nitrogen and oxygen atoms in total. The summed E-state index contributed by atoms with van der Waals surface area (Å²) < 4.78 is 13.1. The predicted molar refractivity (Wildman–Crippen MR) is 64.8 cm³/mol. The van der Waals surface area contributed by atoms with Gasteiger partial charge in [0.25, 0.3) is 5.69 Å². The third-order valence-electron chi connectivity index (χ3n) is 2.09. The molecule has 1 aromatic carbocycles. The van der Waals surface area contributed by atoms with E-state index >= 15 is 0 Å². The Morgan fingerprint density at radius 3 is 2.78 bits per heavy atom. The molecule has 0 saturated heterocycles. The number of nitro groups is 1. The molecule has 18 heavy (non-hydrogen) atoms. The number of rotatable bonds is 6. The van der Waals surface area contributed by atoms with Gasteiger partial charge in [-0.3, -0.25) is 14.9 Å². The van der Waals surface area contributed by atoms with Gasteiger partial charge in [-0.2, -0.15) is 0 Å². The van der Waals surface area contributed by atoms with Crippen molar-refractivity contribution in [2.75, 3.05) is 18.4 Å². The molecule has 0 aromatic heterocycles. The van der Waals surface area contributed by atoms with Crippen molar-refractivity contribution in [1.29, 1.82) is 0 Å². The lowest BCUT2D eigenvalue weighted by Gasteiger charge is -2.06. The second-order valence-corrected chi connectivity index (χ2v) is 3.68. The van der Waals surface area contributed by atoms with Gasteiger partial charge in [-0.05, 0) is 19.0 Å². The van der Waals surface area contributed by atoms with Gasteiger partial charge in [-0.1, -0.05) is 6.92 Å². The number of carbonyl (C=O) groups excluding carboxylic acids is 1. The van der Waals surface area contributed by atoms with E-state index < -0.39 is 16.4 Å². The number of halogens is 1. The van der Waals surface area contributed by atoms with Crippen molar-refractivity contribution in [3.63, 3.8) is 0 Å². The fraction of sp³-hybridized carbons (Fsp3) is 0.364. The summed E-state index contributed by atoms with van der Waals surface area (Å²) in [5.41, 5.74) is -0.322. The van der Waals surface area contributed by atoms with E-state index in [1.54, 1.807) is 0 Å². The topological polar surface area (TPSA) is 84.3 Å². The Hall–Kier alpha value is -2.02. The molecule has 1 amide bonds. The summed E-state index contributed by atoms with van der Waals surface area (Å²) in [6.07, 6.45) is 0.888. The minimum atomic E-state index is -0.763. The first-order valence-corrected chi connectivity index (χ1v) is 5.48. The molecule has 2 N–H and O–H groups in total. The van der Waals surface area contributed by atoms with E-state index in [0.29, 0.717) is 6.54 Å². The van der Waals surface area contributed by atoms with Crippen molar-refractivity contribution < 1.29 is 14.1 Å². The van der Waals surface area contributed by atoms with Gasteiger partial charge in [0, 0.05) is 6.07 Å². The van der Waals surface area contributed by atoms with E-state index in [2.05, 4.69) is 10.6 Å². The molecule has 0 aliphatic rings. The van der Waals surface area contributed by atoms with Gasteiger partial charge in [0.05, 0.1) is 23.2 Å². The molecule has 1 aromatic rings. The summed E-state index contributed by atoms with van der Waals surface area (Å²) in [7, 11) is 0. The molecular formula is C11H14FN3O3. The van der Waals surface area contributed by atoms with Gasteiger partial charge in [0.15, 0.2) is 0 Å². The zero-order valence-electron chi connectivity index (χ0n) is 9.90. The van der Waals surface area contributed by atoms with E-state index in [0.717, 1.165) is 24.6 Å². The average Bonchev–Trinajstić information content (AvgIpc) is 2.28. The van der Waals surface area contributed by atoms with Gasteiger partial charge in [-0.25, -0.2) is 4.39 Å². The van der Waals surface area contributed by atoms with Crippen molar-refractivity contribution in [2.45, 2.75) is 13.3 Å². The van der Waals surface area contributed by atoms with Crippen LogP contribution in [0, 0.1) is 15.9 Å². The summed E-state index contributed by atoms with van der Waals surface area (Å²) in [4.78, 5) is 21.2. The van der Waals surface area contributed by atoms with Crippen molar-refractivity contribution >= 4 is 17.3 Å². The summed E-state index contributed by atoms with van der Waals surface area (Å²) in [6, 6.07) is 2.94. The van der Waals surface area contributed by atoms with Crippen molar-refractivity contribution in [3.05, 3.63) is 34.1 Å². The molecule has 0 aliphatic heterocycles. The number of hydrogen-bond donors (Lipinski definition) is 2. The highest BCUT2D eigenvalue weighted by Crippen LogP contribution is 2.19. The number of benzene rings is 1. The Balaban J connectivity index is 2.66. The standard InChI is InChI=1S/C11H14FN3O3/c1-2-3-13-7-11(16)14-9-4-8(12)5-10(6-9)15(17)18/h4-6,13H,2-3,7H2,1H3,(H,14,16). The number of nitro benzene ring substituents is 1. The smallest absolute Gasteiger partial charge is 0.274 e. The Bertz CT molecular complexity index is 451. The largest absolute Gasteiger partial charge is 0.325 e. The van der Waals surface area contributed by atoms with Crippen LogP contribution in [0.5, 0.6) is 0 Å². The number of non-ortho nitro benzene ring substituents is 1. The van der Waals surface area contributed by atoms with E-state index in [-0.39, 0.29) is 18.1 Å². The molecule has 0 unspecified atom stereocenters. The molecule has 0 atom stereocenters. The summed E-state index contributed by atoms with van der Waals surface area (Å²) >= 11 is 0. The van der Waals surface area contributed by atoms with Crippen LogP contribution in [0.2, 0.25) is 0 Å². The molecule has 1 rings (SSSR count). The third-order valence-corrected chi connectivity index (χ3v) is 2.09. The highest BCUT2D eigenvalue weighted by atomic mass is 19.1. The minimum absolute atomic E-state index is 0.0741. The average molecular weight is 255 g/mol. The highest BCUT2D eigenvalue weighted by Gasteiger charge is 2.11. The van der Waals surface area contributed by atoms with Gasteiger partial charge < -0.3 is 10.6 Å². The van der Waals surface area contributed by atoms with E-state index in [1.165, 1.54) is 0 Å². The van der Waals surface area contributed by atoms with Crippen LogP contribution in [0.3, 0.4) is 0 Å². The lowest BCUT2D eigenvalue weighted by atomic mass is 10.2. The Morgan fingerprint density at radius 2 is 2.17 bits per heavy atom. The maximum absolute atomic E-state index is 13.1. The predicted octanol–water partition coefficient (Wildman–Crippen LogP) is 1.67. The van der Waals surface area contributed by atoms with Crippen LogP contribution in [0.1, 0.15) is 13.3 Å². The molecule has 0 fully saturated rings. The molecule has 0 heterocycles. The molecule has 0 radical (unpaired) electrons. The number of amides is 1. The normalized spacial score (nSPS) is 10.1. The highest BCUT2D eigenvalue weighted by molar-refractivity contribution is 5.92. The first-order chi connectivity index (χ1) is 8.52. The molecule has 7 heteroatoms. The summed E-state index contributed by atoms with van der Waals surface area (Å²) in [6.45, 7) is 2.73. The first kappa shape index (κ1) is 14.0. The molecular weight excluding hydrogens is 241 g/mol. The quantitative estimate of drug-likeness (QED) is 0.460. The zero-order valence-corrected chi connectivity index (χ0v) is 9.90. The fourth-order valence-electron chi connectivity index (χ4n) is 1.34. The minimum Gasteiger partial charge on any atom is -0.325 e. The number of anilines is 1. The maximum Gasteiger partial charge on any atom is 0.274 e. The van der Waals surface area contributed by atoms with Crippen molar-refractivity contribution in [3.8, 4) is 0 Å². The van der Waals surface area contributed by atoms with Crippen LogP contribution in [-0.4, -0.2) is 23.9 Å². The number of nitrogens with zero attached hydrogens (tertiary/aromatic N) is 1. The van der Waals surface area contributed by atoms with Crippen LogP contribution in [0.15, 0.2) is 18.2 Å². The van der Waals surface area contributed by atoms with E-state index in [4.69, 9.17) is 0 Å². The van der Waals surface area contributed by atoms with E-state index in [9.17, 15) is 19.3 Å². The van der Waals surface area contributed by atoms with Gasteiger partial charge in [0.2, 0.25) is 5.91 Å². The second kappa shape index (κ2) is 6.65. The molecule has 98 valence electrons. The van der Waals surface area contributed by atoms with E-state index in [1.807, 2.05) is 6.92 Å². The number of carbonyl (C=O) groups is 1. The van der Waals surface area contributed by atoms with Crippen LogP contribution >= 0.6 is 0 Å². The van der Waals surface area contributed by atoms with Crippen LogP contribution in [0.4, 0.5) is 15.8 Å². The monoisotopic (exact) mass is 255 g/mol. The fourth-order valence-corrected chi connectivity index (χ4v) is 1.34. The molecule has 0 spiro atoms. The lowest BCUT2D eigenvalue weighted by Crippen LogP contribution is -2.28. The van der Waals surface area contributed by atoms with Crippen molar-refractivity contribution in [1.82, 2.24) is 5.32 Å². The van der Waals surface area contributed by atoms with Crippen molar-refractivity contribution in [2.24, 2.45) is 0 Å². The maximum atomic E-state index is 13.1. The van der Waals surface area contributed by atoms with Crippen LogP contribution in [-0.2, 0) is 4.79 Å². The van der Waals surface area contributed by atoms with Gasteiger partial charge in [0.1, 0.15) is 5.82 Å². The Morgan fingerprint density at radius 1 is 1.44 bits per heavy atom. The Labute approximate surface area is 103 Å². The lowest BCUT2D eigenvalue weighted by molar-refractivity contribution is -0.385. The SMILES string of the molecule is CCCNCC(=O)Nc1cc(F)cc([N+](=O)[O-])c1. The first-order valence-electron chi connectivity index (χ1n) is 5.48. The summed E-state index contributed by atoms with van der Waals surface area (Å²) in [5, 5.41) is 15.8. The number of nitrogens with one attached hydrogen (secondary N) is 2. The van der Waals surface area contributed by atoms with Gasteiger partial charge >= 0.3 is 0 Å². The Kier molecular flexibility index (Phi) is 5.19. The zero-order chi connectivity index (χ0) is 13.5. The van der Waals surface area contributed by atoms with Crippen LogP contribution in [0.25, 0.3) is 0 Å². The molecule has 0 bridgehead atoms. The van der Waals surface area contributed by atoms with Gasteiger partial charge in [-0.15, -0.1) is 0 Å². The summed E-state index contributed by atoms with van der Waals surface area (Å²) in [5.74, 6) is -1.13.